The molecule has 0 saturated carbocycles. The van der Waals surface area contributed by atoms with Crippen LogP contribution in [0.2, 0.25) is 5.02 Å². The van der Waals surface area contributed by atoms with Gasteiger partial charge in [0.05, 0.1) is 24.8 Å². The summed E-state index contributed by atoms with van der Waals surface area (Å²) in [5.74, 6) is 7.22. The third-order valence-electron chi connectivity index (χ3n) is 4.96. The van der Waals surface area contributed by atoms with Gasteiger partial charge in [-0.2, -0.15) is 5.10 Å². The van der Waals surface area contributed by atoms with E-state index in [-0.39, 0.29) is 17.6 Å². The highest BCUT2D eigenvalue weighted by atomic mass is 35.5. The van der Waals surface area contributed by atoms with Crippen LogP contribution in [-0.4, -0.2) is 39.9 Å². The summed E-state index contributed by atoms with van der Waals surface area (Å²) in [6.07, 6.45) is 1.60. The number of halogens is 1. The van der Waals surface area contributed by atoms with Gasteiger partial charge in [0, 0.05) is 10.6 Å². The highest BCUT2D eigenvalue weighted by molar-refractivity contribution is 7.99. The largest absolute Gasteiger partial charge is 0.495 e. The van der Waals surface area contributed by atoms with Gasteiger partial charge in [-0.3, -0.25) is 4.79 Å². The zero-order chi connectivity index (χ0) is 26.0. The molecule has 0 atom stereocenters. The van der Waals surface area contributed by atoms with E-state index < -0.39 is 0 Å². The van der Waals surface area contributed by atoms with E-state index in [2.05, 4.69) is 26.0 Å². The molecule has 4 N–H and O–H groups in total. The molecule has 1 heterocycles. The van der Waals surface area contributed by atoms with Crippen molar-refractivity contribution in [2.75, 3.05) is 29.4 Å². The first-order valence-corrected chi connectivity index (χ1v) is 12.4. The second-order valence-corrected chi connectivity index (χ2v) is 8.92. The van der Waals surface area contributed by atoms with Crippen molar-refractivity contribution in [1.29, 1.82) is 0 Å². The van der Waals surface area contributed by atoms with Crippen molar-refractivity contribution in [3.8, 4) is 11.5 Å². The Balaban J connectivity index is 1.32. The number of nitrogens with zero attached hydrogens (tertiary/aromatic N) is 4. The molecule has 3 aromatic carbocycles. The minimum absolute atomic E-state index is 0.0421. The number of carbonyl (C=O) groups excluding carboxylic acids is 1. The second kappa shape index (κ2) is 12.7. The van der Waals surface area contributed by atoms with Gasteiger partial charge in [0.2, 0.25) is 11.1 Å². The lowest BCUT2D eigenvalue weighted by Crippen LogP contribution is -2.17. The van der Waals surface area contributed by atoms with E-state index in [1.807, 2.05) is 54.6 Å². The number of carbonyl (C=O) groups is 1. The van der Waals surface area contributed by atoms with E-state index in [0.29, 0.717) is 34.0 Å². The molecule has 12 heteroatoms. The Morgan fingerprint density at radius 2 is 1.89 bits per heavy atom. The van der Waals surface area contributed by atoms with Crippen molar-refractivity contribution in [3.05, 3.63) is 88.9 Å². The number of para-hydroxylation sites is 1. The van der Waals surface area contributed by atoms with E-state index in [0.717, 1.165) is 22.9 Å². The molecular weight excluding hydrogens is 514 g/mol. The Morgan fingerprint density at radius 1 is 1.11 bits per heavy atom. The van der Waals surface area contributed by atoms with E-state index in [1.54, 1.807) is 24.4 Å². The van der Waals surface area contributed by atoms with Crippen LogP contribution in [0.1, 0.15) is 11.1 Å². The average Bonchev–Trinajstić information content (AvgIpc) is 3.26. The van der Waals surface area contributed by atoms with Gasteiger partial charge < -0.3 is 20.6 Å². The Bertz CT molecular complexity index is 1380. The van der Waals surface area contributed by atoms with Crippen molar-refractivity contribution >= 4 is 47.1 Å². The fourth-order valence-electron chi connectivity index (χ4n) is 3.16. The molecule has 0 saturated heterocycles. The van der Waals surface area contributed by atoms with Crippen molar-refractivity contribution in [1.82, 2.24) is 14.9 Å². The first kappa shape index (κ1) is 25.9. The fourth-order valence-corrected chi connectivity index (χ4v) is 3.99. The topological polar surface area (TPSA) is 129 Å². The number of aromatic nitrogens is 3. The number of ether oxygens (including phenoxy) is 2. The van der Waals surface area contributed by atoms with Crippen LogP contribution >= 0.6 is 23.4 Å². The van der Waals surface area contributed by atoms with Gasteiger partial charge in [-0.25, -0.2) is 10.1 Å². The lowest BCUT2D eigenvalue weighted by Gasteiger charge is -2.10. The predicted molar refractivity (Wildman–Crippen MR) is 146 cm³/mol. The minimum Gasteiger partial charge on any atom is -0.495 e. The Morgan fingerprint density at radius 3 is 2.70 bits per heavy atom. The molecule has 37 heavy (non-hydrogen) atoms. The highest BCUT2D eigenvalue weighted by Gasteiger charge is 2.14. The normalized spacial score (nSPS) is 10.9. The maximum Gasteiger partial charge on any atom is 0.264 e. The number of hydrazone groups is 1. The van der Waals surface area contributed by atoms with Crippen LogP contribution in [0.4, 0.5) is 11.6 Å². The number of nitrogen functional groups attached to an aromatic ring is 1. The Labute approximate surface area is 222 Å². The van der Waals surface area contributed by atoms with Gasteiger partial charge in [-0.05, 0) is 35.9 Å². The molecule has 10 nitrogen and oxygen atoms in total. The Kier molecular flexibility index (Phi) is 8.84. The van der Waals surface area contributed by atoms with Crippen LogP contribution in [0.3, 0.4) is 0 Å². The molecule has 0 aliphatic carbocycles. The van der Waals surface area contributed by atoms with E-state index in [4.69, 9.17) is 26.9 Å². The second-order valence-electron chi connectivity index (χ2n) is 7.54. The summed E-state index contributed by atoms with van der Waals surface area (Å²) in [5.41, 5.74) is 5.08. The molecule has 0 unspecified atom stereocenters. The van der Waals surface area contributed by atoms with Gasteiger partial charge in [-0.1, -0.05) is 65.8 Å². The molecule has 4 rings (SSSR count). The molecule has 1 aromatic heterocycles. The third-order valence-corrected chi connectivity index (χ3v) is 6.14. The SMILES string of the molecule is COc1ccc(Cl)cc1NC(=O)CSc1nnc(N/N=C/c2ccccc2OCc2ccccc2)n1N. The fraction of sp³-hybridized carbons (Fsp3) is 0.120. The summed E-state index contributed by atoms with van der Waals surface area (Å²) in [6.45, 7) is 0.439. The Hall–Kier alpha value is -4.22. The van der Waals surface area contributed by atoms with Gasteiger partial charge in [0.15, 0.2) is 0 Å². The maximum atomic E-state index is 12.4. The maximum absolute atomic E-state index is 12.4. The molecule has 190 valence electrons. The van der Waals surface area contributed by atoms with Crippen molar-refractivity contribution in [2.45, 2.75) is 11.8 Å². The van der Waals surface area contributed by atoms with Crippen molar-refractivity contribution in [2.24, 2.45) is 5.10 Å². The minimum atomic E-state index is -0.284. The average molecular weight is 538 g/mol. The molecular formula is C25H24ClN7O3S. The molecule has 1 amide bonds. The number of hydrogen-bond donors (Lipinski definition) is 3. The molecule has 0 fully saturated rings. The number of amides is 1. The number of thioether (sulfide) groups is 1. The lowest BCUT2D eigenvalue weighted by atomic mass is 10.2. The number of anilines is 2. The molecule has 0 aliphatic heterocycles. The van der Waals surface area contributed by atoms with Gasteiger partial charge in [-0.15, -0.1) is 10.2 Å². The lowest BCUT2D eigenvalue weighted by molar-refractivity contribution is -0.113. The first-order valence-electron chi connectivity index (χ1n) is 11.0. The number of methoxy groups -OCH3 is 1. The van der Waals surface area contributed by atoms with E-state index >= 15 is 0 Å². The summed E-state index contributed by atoms with van der Waals surface area (Å²) >= 11 is 7.12. The van der Waals surface area contributed by atoms with Crippen molar-refractivity contribution < 1.29 is 14.3 Å². The summed E-state index contributed by atoms with van der Waals surface area (Å²) < 4.78 is 12.4. The zero-order valence-corrected chi connectivity index (χ0v) is 21.4. The summed E-state index contributed by atoms with van der Waals surface area (Å²) in [4.78, 5) is 12.4. The zero-order valence-electron chi connectivity index (χ0n) is 19.8. The number of hydrogen-bond acceptors (Lipinski definition) is 9. The van der Waals surface area contributed by atoms with Gasteiger partial charge in [0.1, 0.15) is 18.1 Å². The van der Waals surface area contributed by atoms with Crippen molar-refractivity contribution in [3.63, 3.8) is 0 Å². The summed E-state index contributed by atoms with van der Waals surface area (Å²) in [5, 5.41) is 15.8. The van der Waals surface area contributed by atoms with Gasteiger partial charge in [0.25, 0.3) is 5.95 Å². The summed E-state index contributed by atoms with van der Waals surface area (Å²) in [7, 11) is 1.51. The molecule has 0 aliphatic rings. The standard InChI is InChI=1S/C25H24ClN7O3S/c1-35-22-12-11-19(26)13-20(22)29-23(34)16-37-25-32-31-24(33(25)27)30-28-14-18-9-5-6-10-21(18)36-15-17-7-3-2-4-8-17/h2-14H,15-16,27H2,1H3,(H,29,34)(H,30,31)/b28-14+. The van der Waals surface area contributed by atoms with Crippen LogP contribution in [0.5, 0.6) is 11.5 Å². The number of nitrogens with two attached hydrogens (primary N) is 1. The molecule has 0 bridgehead atoms. The number of benzene rings is 3. The van der Waals surface area contributed by atoms with Gasteiger partial charge >= 0.3 is 0 Å². The van der Waals surface area contributed by atoms with Crippen LogP contribution in [0.15, 0.2) is 83.1 Å². The van der Waals surface area contributed by atoms with E-state index in [1.165, 1.54) is 11.8 Å². The van der Waals surface area contributed by atoms with Crippen LogP contribution in [0, 0.1) is 0 Å². The quantitative estimate of drug-likeness (QED) is 0.111. The smallest absolute Gasteiger partial charge is 0.264 e. The van der Waals surface area contributed by atoms with Crippen LogP contribution < -0.4 is 26.1 Å². The third kappa shape index (κ3) is 7.15. The first-order chi connectivity index (χ1) is 18.0. The molecule has 0 radical (unpaired) electrons. The highest BCUT2D eigenvalue weighted by Crippen LogP contribution is 2.28. The number of nitrogens with one attached hydrogen (secondary N) is 2. The van der Waals surface area contributed by atoms with Crippen LogP contribution in [0.25, 0.3) is 0 Å². The monoisotopic (exact) mass is 537 g/mol. The summed E-state index contributed by atoms with van der Waals surface area (Å²) in [6, 6.07) is 22.4. The van der Waals surface area contributed by atoms with Crippen LogP contribution in [-0.2, 0) is 11.4 Å². The number of rotatable bonds is 11. The molecule has 0 spiro atoms. The predicted octanol–water partition coefficient (Wildman–Crippen LogP) is 4.41. The molecule has 4 aromatic rings. The van der Waals surface area contributed by atoms with E-state index in [9.17, 15) is 4.79 Å².